The van der Waals surface area contributed by atoms with Crippen molar-refractivity contribution in [1.29, 1.82) is 0 Å². The van der Waals surface area contributed by atoms with Crippen LogP contribution in [0.2, 0.25) is 0 Å². The van der Waals surface area contributed by atoms with Gasteiger partial charge in [-0.15, -0.1) is 10.2 Å². The second-order valence-corrected chi connectivity index (χ2v) is 8.07. The molecule has 0 spiro atoms. The van der Waals surface area contributed by atoms with E-state index in [4.69, 9.17) is 9.47 Å². The molecule has 1 fully saturated rings. The standard InChI is InChI=1S/C26H30N4O3/c1-4-32-21-9-7-10-22(18-21)33-20(3)26(31)30-16-14-29(15-17-30)25-13-12-24(27-28-25)23-11-6-5-8-19(23)2/h5-13,18,20H,4,14-17H2,1-3H3. The summed E-state index contributed by atoms with van der Waals surface area (Å²) in [7, 11) is 0. The van der Waals surface area contributed by atoms with Crippen LogP contribution in [0.25, 0.3) is 11.3 Å². The Balaban J connectivity index is 1.32. The van der Waals surface area contributed by atoms with Crippen LogP contribution in [-0.2, 0) is 4.79 Å². The third-order valence-electron chi connectivity index (χ3n) is 5.76. The third-order valence-corrected chi connectivity index (χ3v) is 5.76. The van der Waals surface area contributed by atoms with Crippen molar-refractivity contribution in [2.24, 2.45) is 0 Å². The van der Waals surface area contributed by atoms with Crippen LogP contribution in [0.5, 0.6) is 11.5 Å². The SMILES string of the molecule is CCOc1cccc(OC(C)C(=O)N2CCN(c3ccc(-c4ccccc4C)nn3)CC2)c1. The number of aryl methyl sites for hydroxylation is 1. The molecule has 2 aromatic carbocycles. The number of hydrogen-bond acceptors (Lipinski definition) is 6. The van der Waals surface area contributed by atoms with Crippen LogP contribution in [0.3, 0.4) is 0 Å². The molecule has 1 amide bonds. The average Bonchev–Trinajstić information content (AvgIpc) is 2.85. The maximum atomic E-state index is 12.9. The normalized spacial score (nSPS) is 14.6. The molecule has 4 rings (SSSR count). The van der Waals surface area contributed by atoms with Crippen molar-refractivity contribution < 1.29 is 14.3 Å². The zero-order valence-electron chi connectivity index (χ0n) is 19.4. The van der Waals surface area contributed by atoms with Gasteiger partial charge in [0.25, 0.3) is 5.91 Å². The van der Waals surface area contributed by atoms with Crippen molar-refractivity contribution >= 4 is 11.7 Å². The molecule has 33 heavy (non-hydrogen) atoms. The predicted molar refractivity (Wildman–Crippen MR) is 129 cm³/mol. The van der Waals surface area contributed by atoms with E-state index in [1.807, 2.05) is 60.4 Å². The molecule has 3 aromatic rings. The van der Waals surface area contributed by atoms with Crippen molar-refractivity contribution in [3.05, 3.63) is 66.2 Å². The van der Waals surface area contributed by atoms with Gasteiger partial charge in [0.1, 0.15) is 11.5 Å². The molecule has 7 heteroatoms. The topological polar surface area (TPSA) is 67.8 Å². The highest BCUT2D eigenvalue weighted by atomic mass is 16.5. The van der Waals surface area contributed by atoms with Crippen LogP contribution in [0.15, 0.2) is 60.7 Å². The van der Waals surface area contributed by atoms with Gasteiger partial charge in [-0.2, -0.15) is 0 Å². The fourth-order valence-corrected chi connectivity index (χ4v) is 3.97. The highest BCUT2D eigenvalue weighted by Crippen LogP contribution is 2.23. The minimum Gasteiger partial charge on any atom is -0.494 e. The number of carbonyl (C=O) groups excluding carboxylic acids is 1. The first-order chi connectivity index (χ1) is 16.0. The molecule has 0 radical (unpaired) electrons. The Bertz CT molecular complexity index is 1080. The summed E-state index contributed by atoms with van der Waals surface area (Å²) < 4.78 is 11.4. The lowest BCUT2D eigenvalue weighted by atomic mass is 10.1. The maximum Gasteiger partial charge on any atom is 0.263 e. The molecule has 2 heterocycles. The number of anilines is 1. The summed E-state index contributed by atoms with van der Waals surface area (Å²) >= 11 is 0. The Morgan fingerprint density at radius 1 is 0.970 bits per heavy atom. The monoisotopic (exact) mass is 446 g/mol. The minimum atomic E-state index is -0.568. The number of ether oxygens (including phenoxy) is 2. The lowest BCUT2D eigenvalue weighted by Crippen LogP contribution is -2.52. The quantitative estimate of drug-likeness (QED) is 0.547. The Morgan fingerprint density at radius 3 is 2.42 bits per heavy atom. The van der Waals surface area contributed by atoms with Crippen LogP contribution in [0.1, 0.15) is 19.4 Å². The van der Waals surface area contributed by atoms with Crippen LogP contribution in [0.4, 0.5) is 5.82 Å². The summed E-state index contributed by atoms with van der Waals surface area (Å²) in [6.07, 6.45) is -0.568. The first-order valence-corrected chi connectivity index (χ1v) is 11.4. The van der Waals surface area contributed by atoms with Gasteiger partial charge >= 0.3 is 0 Å². The second kappa shape index (κ2) is 10.3. The van der Waals surface area contributed by atoms with E-state index in [1.54, 1.807) is 6.92 Å². The number of nitrogens with zero attached hydrogens (tertiary/aromatic N) is 4. The van der Waals surface area contributed by atoms with Gasteiger partial charge in [-0.3, -0.25) is 4.79 Å². The summed E-state index contributed by atoms with van der Waals surface area (Å²) in [6, 6.07) is 19.5. The van der Waals surface area contributed by atoms with Gasteiger partial charge in [0.2, 0.25) is 0 Å². The van der Waals surface area contributed by atoms with Gasteiger partial charge in [0.15, 0.2) is 11.9 Å². The molecule has 1 aromatic heterocycles. The van der Waals surface area contributed by atoms with E-state index >= 15 is 0 Å². The molecule has 1 aliphatic rings. The molecule has 0 bridgehead atoms. The Kier molecular flexibility index (Phi) is 7.07. The fourth-order valence-electron chi connectivity index (χ4n) is 3.97. The highest BCUT2D eigenvalue weighted by molar-refractivity contribution is 5.81. The van der Waals surface area contributed by atoms with Crippen molar-refractivity contribution in [2.75, 3.05) is 37.7 Å². The molecule has 1 atom stereocenters. The van der Waals surface area contributed by atoms with E-state index in [-0.39, 0.29) is 5.91 Å². The number of piperazine rings is 1. The van der Waals surface area contributed by atoms with E-state index in [0.717, 1.165) is 22.8 Å². The second-order valence-electron chi connectivity index (χ2n) is 8.07. The van der Waals surface area contributed by atoms with Gasteiger partial charge in [-0.1, -0.05) is 30.3 Å². The van der Waals surface area contributed by atoms with Crippen LogP contribution < -0.4 is 14.4 Å². The summed E-state index contributed by atoms with van der Waals surface area (Å²) in [6.45, 7) is 9.02. The predicted octanol–water partition coefficient (Wildman–Crippen LogP) is 3.97. The smallest absolute Gasteiger partial charge is 0.263 e. The number of rotatable bonds is 7. The fraction of sp³-hybridized carbons (Fsp3) is 0.346. The largest absolute Gasteiger partial charge is 0.494 e. The van der Waals surface area contributed by atoms with Gasteiger partial charge in [-0.05, 0) is 50.6 Å². The lowest BCUT2D eigenvalue weighted by Gasteiger charge is -2.36. The third kappa shape index (κ3) is 5.42. The van der Waals surface area contributed by atoms with Crippen LogP contribution in [0, 0.1) is 6.92 Å². The minimum absolute atomic E-state index is 0.0163. The van der Waals surface area contributed by atoms with Crippen LogP contribution in [-0.4, -0.2) is 59.9 Å². The van der Waals surface area contributed by atoms with Gasteiger partial charge in [0, 0.05) is 37.8 Å². The molecule has 1 saturated heterocycles. The van der Waals surface area contributed by atoms with Crippen molar-refractivity contribution in [2.45, 2.75) is 26.9 Å². The van der Waals surface area contributed by atoms with E-state index < -0.39 is 6.10 Å². The van der Waals surface area contributed by atoms with Crippen molar-refractivity contribution in [3.8, 4) is 22.8 Å². The van der Waals surface area contributed by atoms with Crippen molar-refractivity contribution in [3.63, 3.8) is 0 Å². The van der Waals surface area contributed by atoms with Gasteiger partial charge in [-0.25, -0.2) is 0 Å². The summed E-state index contributed by atoms with van der Waals surface area (Å²) in [5, 5.41) is 8.87. The highest BCUT2D eigenvalue weighted by Gasteiger charge is 2.26. The Labute approximate surface area is 195 Å². The summed E-state index contributed by atoms with van der Waals surface area (Å²) in [4.78, 5) is 16.9. The zero-order valence-corrected chi connectivity index (χ0v) is 19.4. The number of amides is 1. The molecule has 7 nitrogen and oxygen atoms in total. The number of hydrogen-bond donors (Lipinski definition) is 0. The number of aromatic nitrogens is 2. The van der Waals surface area contributed by atoms with E-state index in [2.05, 4.69) is 34.2 Å². The summed E-state index contributed by atoms with van der Waals surface area (Å²) in [5.74, 6) is 2.18. The first-order valence-electron chi connectivity index (χ1n) is 11.4. The average molecular weight is 447 g/mol. The van der Waals surface area contributed by atoms with Gasteiger partial charge in [0.05, 0.1) is 12.3 Å². The first kappa shape index (κ1) is 22.6. The van der Waals surface area contributed by atoms with Gasteiger partial charge < -0.3 is 19.3 Å². The Morgan fingerprint density at radius 2 is 1.73 bits per heavy atom. The molecular weight excluding hydrogens is 416 g/mol. The molecule has 172 valence electrons. The zero-order chi connectivity index (χ0) is 23.2. The molecule has 0 aliphatic carbocycles. The Hall–Kier alpha value is -3.61. The molecule has 0 N–H and O–H groups in total. The lowest BCUT2D eigenvalue weighted by molar-refractivity contribution is -0.138. The molecule has 1 unspecified atom stereocenters. The van der Waals surface area contributed by atoms with E-state index in [9.17, 15) is 4.79 Å². The summed E-state index contributed by atoms with van der Waals surface area (Å²) in [5.41, 5.74) is 3.13. The van der Waals surface area contributed by atoms with Crippen LogP contribution >= 0.6 is 0 Å². The van der Waals surface area contributed by atoms with E-state index in [0.29, 0.717) is 38.5 Å². The molecule has 1 aliphatic heterocycles. The maximum absolute atomic E-state index is 12.9. The van der Waals surface area contributed by atoms with E-state index in [1.165, 1.54) is 5.56 Å². The number of benzene rings is 2. The molecular formula is C26H30N4O3. The van der Waals surface area contributed by atoms with Crippen molar-refractivity contribution in [1.82, 2.24) is 15.1 Å². The molecule has 0 saturated carbocycles. The number of carbonyl (C=O) groups is 1.